The number of hydrogen-bond acceptors (Lipinski definition) is 5. The molecule has 0 bridgehead atoms. The second kappa shape index (κ2) is 5.27. The summed E-state index contributed by atoms with van der Waals surface area (Å²) in [6.45, 7) is 0. The van der Waals surface area contributed by atoms with Gasteiger partial charge in [0.15, 0.2) is 0 Å². The second-order valence-corrected chi connectivity index (χ2v) is 5.92. The molecule has 20 heavy (non-hydrogen) atoms. The molecule has 0 saturated heterocycles. The molecule has 0 radical (unpaired) electrons. The maximum absolute atomic E-state index is 12.1. The lowest BCUT2D eigenvalue weighted by atomic mass is 10.2. The number of halogens is 2. The van der Waals surface area contributed by atoms with Crippen LogP contribution in [-0.4, -0.2) is 34.7 Å². The van der Waals surface area contributed by atoms with Crippen molar-refractivity contribution in [2.75, 3.05) is 4.72 Å². The van der Waals surface area contributed by atoms with Crippen LogP contribution in [0.15, 0.2) is 23.4 Å². The third-order valence-corrected chi connectivity index (χ3v) is 4.41. The summed E-state index contributed by atoms with van der Waals surface area (Å²) in [5, 5.41) is 14.1. The van der Waals surface area contributed by atoms with Gasteiger partial charge in [-0.1, -0.05) is 23.2 Å². The van der Waals surface area contributed by atoms with Crippen LogP contribution in [0.1, 0.15) is 10.4 Å². The number of carboxylic acid groups (broad SMARTS) is 1. The number of rotatable bonds is 4. The lowest BCUT2D eigenvalue weighted by molar-refractivity contribution is 0.0697. The zero-order valence-electron chi connectivity index (χ0n) is 9.46. The first kappa shape index (κ1) is 14.6. The van der Waals surface area contributed by atoms with E-state index in [0.717, 1.165) is 18.5 Å². The van der Waals surface area contributed by atoms with Crippen LogP contribution in [0.4, 0.5) is 5.95 Å². The van der Waals surface area contributed by atoms with Crippen molar-refractivity contribution >= 4 is 45.1 Å². The minimum absolute atomic E-state index is 0.132. The molecule has 1 heterocycles. The van der Waals surface area contributed by atoms with Crippen molar-refractivity contribution in [3.8, 4) is 0 Å². The Morgan fingerprint density at radius 1 is 1.35 bits per heavy atom. The van der Waals surface area contributed by atoms with E-state index < -0.39 is 31.5 Å². The molecule has 106 valence electrons. The molecule has 3 N–H and O–H groups in total. The normalized spacial score (nSPS) is 11.3. The highest BCUT2D eigenvalue weighted by Crippen LogP contribution is 2.31. The monoisotopic (exact) mass is 336 g/mol. The summed E-state index contributed by atoms with van der Waals surface area (Å²) in [6, 6.07) is 2.22. The number of aromatic carboxylic acids is 1. The van der Waals surface area contributed by atoms with E-state index in [-0.39, 0.29) is 11.0 Å². The number of H-pyrrole nitrogens is 1. The summed E-state index contributed by atoms with van der Waals surface area (Å²) in [5.74, 6) is -1.57. The predicted molar refractivity (Wildman–Crippen MR) is 70.6 cm³/mol. The van der Waals surface area contributed by atoms with Crippen molar-refractivity contribution in [1.29, 1.82) is 0 Å². The third kappa shape index (κ3) is 2.69. The van der Waals surface area contributed by atoms with Gasteiger partial charge in [0.05, 0.1) is 15.6 Å². The van der Waals surface area contributed by atoms with Gasteiger partial charge in [-0.25, -0.2) is 23.0 Å². The fourth-order valence-electron chi connectivity index (χ4n) is 1.37. The standard InChI is InChI=1S/C9H6Cl2N4O4S/c10-4-1-2-5(7(11)6(4)8(16)17)20(18,19)15-9-12-3-13-14-9/h1-3H,(H,16,17)(H2,12,13,14,15). The number of sulfonamides is 1. The number of benzene rings is 1. The number of hydrogen-bond donors (Lipinski definition) is 3. The van der Waals surface area contributed by atoms with Crippen LogP contribution in [0.2, 0.25) is 10.0 Å². The number of aromatic amines is 1. The maximum Gasteiger partial charge on any atom is 0.338 e. The summed E-state index contributed by atoms with van der Waals surface area (Å²) in [5.41, 5.74) is -0.492. The summed E-state index contributed by atoms with van der Waals surface area (Å²) < 4.78 is 26.2. The van der Waals surface area contributed by atoms with Crippen LogP contribution >= 0.6 is 23.2 Å². The SMILES string of the molecule is O=C(O)c1c(Cl)ccc(S(=O)(=O)Nc2ncn[nH]2)c1Cl. The molecule has 0 aliphatic rings. The van der Waals surface area contributed by atoms with Crippen LogP contribution in [0, 0.1) is 0 Å². The van der Waals surface area contributed by atoms with E-state index in [1.54, 1.807) is 0 Å². The van der Waals surface area contributed by atoms with Crippen molar-refractivity contribution in [3.05, 3.63) is 34.1 Å². The molecule has 0 atom stereocenters. The molecule has 2 aromatic rings. The quantitative estimate of drug-likeness (QED) is 0.778. The molecular weight excluding hydrogens is 331 g/mol. The Morgan fingerprint density at radius 3 is 2.60 bits per heavy atom. The molecule has 1 aromatic heterocycles. The lowest BCUT2D eigenvalue weighted by Gasteiger charge is -2.09. The lowest BCUT2D eigenvalue weighted by Crippen LogP contribution is -2.16. The molecule has 8 nitrogen and oxygen atoms in total. The third-order valence-electron chi connectivity index (χ3n) is 2.21. The van der Waals surface area contributed by atoms with E-state index in [2.05, 4.69) is 19.9 Å². The zero-order chi connectivity index (χ0) is 14.9. The Balaban J connectivity index is 2.53. The van der Waals surface area contributed by atoms with Crippen molar-refractivity contribution < 1.29 is 18.3 Å². The molecule has 1 aromatic carbocycles. The van der Waals surface area contributed by atoms with E-state index in [4.69, 9.17) is 28.3 Å². The van der Waals surface area contributed by atoms with Gasteiger partial charge in [0, 0.05) is 0 Å². The van der Waals surface area contributed by atoms with Crippen molar-refractivity contribution in [1.82, 2.24) is 15.2 Å². The molecule has 0 aliphatic heterocycles. The van der Waals surface area contributed by atoms with E-state index >= 15 is 0 Å². The van der Waals surface area contributed by atoms with Gasteiger partial charge >= 0.3 is 5.97 Å². The molecule has 0 spiro atoms. The second-order valence-electron chi connectivity index (χ2n) is 3.48. The number of nitrogens with one attached hydrogen (secondary N) is 2. The van der Waals surface area contributed by atoms with Crippen molar-refractivity contribution in [2.45, 2.75) is 4.90 Å². The molecular formula is C9H6Cl2N4O4S. The highest BCUT2D eigenvalue weighted by Gasteiger charge is 2.25. The van der Waals surface area contributed by atoms with E-state index in [1.807, 2.05) is 0 Å². The Labute approximate surface area is 122 Å². The molecule has 11 heteroatoms. The molecule has 0 fully saturated rings. The van der Waals surface area contributed by atoms with Crippen LogP contribution < -0.4 is 4.72 Å². The van der Waals surface area contributed by atoms with Crippen LogP contribution in [-0.2, 0) is 10.0 Å². The fourth-order valence-corrected chi connectivity index (χ4v) is 3.26. The highest BCUT2D eigenvalue weighted by atomic mass is 35.5. The Bertz CT molecular complexity index is 761. The highest BCUT2D eigenvalue weighted by molar-refractivity contribution is 7.92. The average molecular weight is 337 g/mol. The molecule has 0 saturated carbocycles. The minimum Gasteiger partial charge on any atom is -0.478 e. The number of anilines is 1. The summed E-state index contributed by atoms with van der Waals surface area (Å²) >= 11 is 11.5. The van der Waals surface area contributed by atoms with Crippen LogP contribution in [0.5, 0.6) is 0 Å². The van der Waals surface area contributed by atoms with Gasteiger partial charge in [0.25, 0.3) is 10.0 Å². The first-order valence-corrected chi connectivity index (χ1v) is 7.16. The first-order valence-electron chi connectivity index (χ1n) is 4.92. The molecule has 0 aliphatic carbocycles. The Kier molecular flexibility index (Phi) is 3.84. The van der Waals surface area contributed by atoms with Crippen molar-refractivity contribution in [3.63, 3.8) is 0 Å². The van der Waals surface area contributed by atoms with Gasteiger partial charge in [-0.3, -0.25) is 0 Å². The van der Waals surface area contributed by atoms with Gasteiger partial charge in [-0.15, -0.1) is 0 Å². The van der Waals surface area contributed by atoms with Crippen LogP contribution in [0.25, 0.3) is 0 Å². The fraction of sp³-hybridized carbons (Fsp3) is 0. The van der Waals surface area contributed by atoms with E-state index in [9.17, 15) is 13.2 Å². The molecule has 0 amide bonds. The smallest absolute Gasteiger partial charge is 0.338 e. The molecule has 2 rings (SSSR count). The van der Waals surface area contributed by atoms with Gasteiger partial charge in [-0.05, 0) is 12.1 Å². The average Bonchev–Trinajstić information content (AvgIpc) is 2.79. The van der Waals surface area contributed by atoms with Gasteiger partial charge in [-0.2, -0.15) is 10.1 Å². The maximum atomic E-state index is 12.1. The number of carbonyl (C=O) groups is 1. The molecule has 0 unspecified atom stereocenters. The largest absolute Gasteiger partial charge is 0.478 e. The summed E-state index contributed by atoms with van der Waals surface area (Å²) in [7, 11) is -4.12. The Hall–Kier alpha value is -1.84. The zero-order valence-corrected chi connectivity index (χ0v) is 11.8. The summed E-state index contributed by atoms with van der Waals surface area (Å²) in [6.07, 6.45) is 1.10. The van der Waals surface area contributed by atoms with E-state index in [0.29, 0.717) is 0 Å². The van der Waals surface area contributed by atoms with Crippen molar-refractivity contribution in [2.24, 2.45) is 0 Å². The van der Waals surface area contributed by atoms with E-state index in [1.165, 1.54) is 0 Å². The van der Waals surface area contributed by atoms with Gasteiger partial charge in [0.2, 0.25) is 5.95 Å². The number of aromatic nitrogens is 3. The predicted octanol–water partition coefficient (Wildman–Crippen LogP) is 1.61. The topological polar surface area (TPSA) is 125 Å². The number of carboxylic acids is 1. The van der Waals surface area contributed by atoms with Gasteiger partial charge < -0.3 is 5.11 Å². The summed E-state index contributed by atoms with van der Waals surface area (Å²) in [4.78, 5) is 14.2. The number of nitrogens with zero attached hydrogens (tertiary/aromatic N) is 2. The first-order chi connectivity index (χ1) is 9.33. The minimum atomic E-state index is -4.12. The van der Waals surface area contributed by atoms with Gasteiger partial charge in [0.1, 0.15) is 11.2 Å². The Morgan fingerprint density at radius 2 is 2.05 bits per heavy atom. The van der Waals surface area contributed by atoms with Crippen LogP contribution in [0.3, 0.4) is 0 Å².